The molecule has 1 saturated carbocycles. The molecule has 2 N–H and O–H groups in total. The maximum absolute atomic E-state index is 13.2. The number of benzene rings is 1. The Morgan fingerprint density at radius 1 is 1.21 bits per heavy atom. The molecule has 3 rings (SSSR count). The smallest absolute Gasteiger partial charge is 0.243 e. The fourth-order valence-corrected chi connectivity index (χ4v) is 4.59. The summed E-state index contributed by atoms with van der Waals surface area (Å²) in [4.78, 5) is 17.6. The number of likely N-dealkylation sites (tertiary alicyclic amines) is 1. The average Bonchev–Trinajstić information content (AvgIpc) is 2.68. The third-order valence-electron chi connectivity index (χ3n) is 6.89. The van der Waals surface area contributed by atoms with Crippen LogP contribution < -0.4 is 5.73 Å². The van der Waals surface area contributed by atoms with Gasteiger partial charge in [0.25, 0.3) is 0 Å². The van der Waals surface area contributed by atoms with Crippen molar-refractivity contribution in [3.8, 4) is 0 Å². The number of nitrogens with zero attached hydrogens (tertiary/aromatic N) is 2. The lowest BCUT2D eigenvalue weighted by molar-refractivity contribution is -0.180. The summed E-state index contributed by atoms with van der Waals surface area (Å²) in [6.45, 7) is 9.78. The van der Waals surface area contributed by atoms with Gasteiger partial charge in [0, 0.05) is 51.2 Å². The van der Waals surface area contributed by atoms with E-state index in [9.17, 15) is 4.79 Å². The van der Waals surface area contributed by atoms with E-state index in [0.29, 0.717) is 13.0 Å². The second kappa shape index (κ2) is 10.5. The first-order valence-electron chi connectivity index (χ1n) is 10.2. The molecule has 1 aliphatic carbocycles. The number of hydrogen-bond donors (Lipinski definition) is 1. The van der Waals surface area contributed by atoms with E-state index in [1.54, 1.807) is 0 Å². The number of likely N-dealkylation sites (N-methyl/N-ethyl adjacent to an activating group) is 1. The van der Waals surface area contributed by atoms with Crippen LogP contribution in [0.2, 0.25) is 0 Å². The van der Waals surface area contributed by atoms with Crippen LogP contribution in [0.1, 0.15) is 45.6 Å². The Balaban J connectivity index is 0.00000210. The lowest BCUT2D eigenvalue weighted by Crippen LogP contribution is -2.76. The van der Waals surface area contributed by atoms with Crippen molar-refractivity contribution >= 4 is 30.7 Å². The molecule has 2 unspecified atom stereocenters. The van der Waals surface area contributed by atoms with Crippen molar-refractivity contribution in [2.45, 2.75) is 64.3 Å². The highest BCUT2D eigenvalue weighted by molar-refractivity contribution is 5.89. The van der Waals surface area contributed by atoms with Gasteiger partial charge in [0.15, 0.2) is 0 Å². The van der Waals surface area contributed by atoms with Crippen LogP contribution in [0.5, 0.6) is 0 Å². The minimum absolute atomic E-state index is 0. The van der Waals surface area contributed by atoms with Crippen LogP contribution in [-0.4, -0.2) is 60.1 Å². The molecule has 2 aliphatic rings. The third-order valence-corrected chi connectivity index (χ3v) is 6.89. The third kappa shape index (κ3) is 5.08. The zero-order valence-electron chi connectivity index (χ0n) is 18.1. The topological polar surface area (TPSA) is 58.8 Å². The van der Waals surface area contributed by atoms with E-state index in [-0.39, 0.29) is 48.3 Å². The van der Waals surface area contributed by atoms with Gasteiger partial charge in [-0.25, -0.2) is 0 Å². The quantitative estimate of drug-likeness (QED) is 0.727. The summed E-state index contributed by atoms with van der Waals surface area (Å²) in [5.41, 5.74) is 6.80. The molecular weight excluding hydrogens is 409 g/mol. The molecule has 1 saturated heterocycles. The molecule has 0 radical (unpaired) electrons. The molecule has 1 aliphatic heterocycles. The number of rotatable bonds is 6. The average molecular weight is 446 g/mol. The maximum Gasteiger partial charge on any atom is 0.243 e. The van der Waals surface area contributed by atoms with Crippen LogP contribution in [0.4, 0.5) is 0 Å². The van der Waals surface area contributed by atoms with Crippen LogP contribution in [0, 0.1) is 5.41 Å². The molecular formula is C22H37Cl2N3O2. The predicted molar refractivity (Wildman–Crippen MR) is 123 cm³/mol. The van der Waals surface area contributed by atoms with Crippen LogP contribution in [0.15, 0.2) is 30.3 Å². The molecule has 1 amide bonds. The first kappa shape index (κ1) is 26.2. The van der Waals surface area contributed by atoms with Crippen molar-refractivity contribution in [2.75, 3.05) is 26.7 Å². The van der Waals surface area contributed by atoms with E-state index in [1.807, 2.05) is 18.9 Å². The number of carbonyl (C=O) groups is 1. The van der Waals surface area contributed by atoms with Gasteiger partial charge in [0.1, 0.15) is 5.54 Å². The Kier molecular flexibility index (Phi) is 9.44. The molecule has 2 atom stereocenters. The molecule has 0 bridgehead atoms. The molecule has 29 heavy (non-hydrogen) atoms. The maximum atomic E-state index is 13.2. The fraction of sp³-hybridized carbons (Fsp3) is 0.682. The highest BCUT2D eigenvalue weighted by atomic mass is 35.5. The zero-order chi connectivity index (χ0) is 19.7. The Labute approximate surface area is 188 Å². The van der Waals surface area contributed by atoms with E-state index < -0.39 is 5.54 Å². The standard InChI is InChI=1S/C22H35N3O2.2ClH/c1-5-27-19-15-22(23,21(19,2)3)20(26)24(4)18-11-13-25(14-12-18)16-17-9-7-6-8-10-17;;/h6-10,18-19H,5,11-16,23H2,1-4H3;2*1H. The molecule has 5 nitrogen and oxygen atoms in total. The van der Waals surface area contributed by atoms with Crippen LogP contribution in [-0.2, 0) is 16.1 Å². The molecule has 0 aromatic heterocycles. The summed E-state index contributed by atoms with van der Waals surface area (Å²) < 4.78 is 5.78. The van der Waals surface area contributed by atoms with Gasteiger partial charge in [-0.15, -0.1) is 24.8 Å². The molecule has 2 fully saturated rings. The first-order valence-corrected chi connectivity index (χ1v) is 10.2. The molecule has 1 heterocycles. The molecule has 166 valence electrons. The summed E-state index contributed by atoms with van der Waals surface area (Å²) in [5.74, 6) is 0.0740. The Hall–Kier alpha value is -0.850. The normalized spacial score (nSPS) is 26.6. The number of piperidine rings is 1. The number of halogens is 2. The Morgan fingerprint density at radius 3 is 2.31 bits per heavy atom. The highest BCUT2D eigenvalue weighted by Crippen LogP contribution is 2.50. The zero-order valence-corrected chi connectivity index (χ0v) is 19.7. The van der Waals surface area contributed by atoms with Gasteiger partial charge in [-0.1, -0.05) is 44.2 Å². The van der Waals surface area contributed by atoms with Crippen LogP contribution >= 0.6 is 24.8 Å². The van der Waals surface area contributed by atoms with Crippen molar-refractivity contribution < 1.29 is 9.53 Å². The molecule has 7 heteroatoms. The lowest BCUT2D eigenvalue weighted by atomic mass is 9.54. The number of ether oxygens (including phenoxy) is 1. The van der Waals surface area contributed by atoms with Gasteiger partial charge in [-0.2, -0.15) is 0 Å². The first-order chi connectivity index (χ1) is 12.8. The summed E-state index contributed by atoms with van der Waals surface area (Å²) >= 11 is 0. The minimum atomic E-state index is -0.817. The highest BCUT2D eigenvalue weighted by Gasteiger charge is 2.63. The van der Waals surface area contributed by atoms with Crippen LogP contribution in [0.25, 0.3) is 0 Å². The van der Waals surface area contributed by atoms with Crippen LogP contribution in [0.3, 0.4) is 0 Å². The van der Waals surface area contributed by atoms with Gasteiger partial charge in [0.05, 0.1) is 6.10 Å². The van der Waals surface area contributed by atoms with Crippen molar-refractivity contribution in [2.24, 2.45) is 11.1 Å². The van der Waals surface area contributed by atoms with E-state index in [4.69, 9.17) is 10.5 Å². The molecule has 1 aromatic carbocycles. The largest absolute Gasteiger partial charge is 0.378 e. The van der Waals surface area contributed by atoms with Gasteiger partial charge in [-0.05, 0) is 25.3 Å². The minimum Gasteiger partial charge on any atom is -0.378 e. The predicted octanol–water partition coefficient (Wildman–Crippen LogP) is 3.49. The van der Waals surface area contributed by atoms with E-state index in [1.165, 1.54) is 5.56 Å². The number of nitrogens with two attached hydrogens (primary N) is 1. The van der Waals surface area contributed by atoms with E-state index in [0.717, 1.165) is 32.5 Å². The Bertz CT molecular complexity index is 651. The van der Waals surface area contributed by atoms with E-state index in [2.05, 4.69) is 49.1 Å². The second-order valence-electron chi connectivity index (χ2n) is 8.75. The Morgan fingerprint density at radius 2 is 1.79 bits per heavy atom. The summed E-state index contributed by atoms with van der Waals surface area (Å²) in [5, 5.41) is 0. The number of amides is 1. The van der Waals surface area contributed by atoms with Crippen molar-refractivity contribution in [3.63, 3.8) is 0 Å². The van der Waals surface area contributed by atoms with Crippen molar-refractivity contribution in [1.82, 2.24) is 9.80 Å². The van der Waals surface area contributed by atoms with Gasteiger partial charge >= 0.3 is 0 Å². The summed E-state index contributed by atoms with van der Waals surface area (Å²) in [6.07, 6.45) is 2.68. The van der Waals surface area contributed by atoms with Gasteiger partial charge in [0.2, 0.25) is 5.91 Å². The molecule has 0 spiro atoms. The fourth-order valence-electron chi connectivity index (χ4n) is 4.59. The number of hydrogen-bond acceptors (Lipinski definition) is 4. The molecule has 1 aromatic rings. The summed E-state index contributed by atoms with van der Waals surface area (Å²) in [7, 11) is 1.93. The van der Waals surface area contributed by atoms with Gasteiger partial charge in [-0.3, -0.25) is 9.69 Å². The SMILES string of the molecule is CCOC1CC(N)(C(=O)N(C)C2CCN(Cc3ccccc3)CC2)C1(C)C.Cl.Cl. The van der Waals surface area contributed by atoms with E-state index >= 15 is 0 Å². The van der Waals surface area contributed by atoms with Crippen molar-refractivity contribution in [1.29, 1.82) is 0 Å². The summed E-state index contributed by atoms with van der Waals surface area (Å²) in [6, 6.07) is 10.8. The van der Waals surface area contributed by atoms with Gasteiger partial charge < -0.3 is 15.4 Å². The lowest BCUT2D eigenvalue weighted by Gasteiger charge is -2.59. The number of carbonyl (C=O) groups excluding carboxylic acids is 1. The van der Waals surface area contributed by atoms with Crippen molar-refractivity contribution in [3.05, 3.63) is 35.9 Å². The monoisotopic (exact) mass is 445 g/mol. The second-order valence-corrected chi connectivity index (χ2v) is 8.75.